The van der Waals surface area contributed by atoms with Crippen LogP contribution in [-0.4, -0.2) is 16.3 Å². The number of aryl methyl sites for hydroxylation is 2. The van der Waals surface area contributed by atoms with Crippen LogP contribution in [0, 0.1) is 0 Å². The highest BCUT2D eigenvalue weighted by molar-refractivity contribution is 9.11. The lowest BCUT2D eigenvalue weighted by molar-refractivity contribution is 0.565. The Kier molecular flexibility index (Phi) is 4.97. The van der Waals surface area contributed by atoms with E-state index in [0.717, 1.165) is 19.4 Å². The van der Waals surface area contributed by atoms with Crippen LogP contribution in [0.2, 0.25) is 0 Å². The topological polar surface area (TPSA) is 29.9 Å². The maximum absolute atomic E-state index is 4.17. The van der Waals surface area contributed by atoms with Crippen LogP contribution in [-0.2, 0) is 13.5 Å². The summed E-state index contributed by atoms with van der Waals surface area (Å²) < 4.78 is 3.05. The molecule has 1 atom stereocenters. The molecule has 98 valence electrons. The van der Waals surface area contributed by atoms with Crippen molar-refractivity contribution in [1.82, 2.24) is 15.1 Å². The molecule has 0 aliphatic heterocycles. The standard InChI is InChI=1S/C13H18BrN3S/c1-10(12-5-6-13(14)18-12)15-7-3-4-11-8-16-17(2)9-11/h5-6,8-10,15H,3-4,7H2,1-2H3/t10-/m1/s1. The lowest BCUT2D eigenvalue weighted by Gasteiger charge is -2.11. The van der Waals surface area contributed by atoms with E-state index >= 15 is 0 Å². The highest BCUT2D eigenvalue weighted by atomic mass is 79.9. The third kappa shape index (κ3) is 3.93. The Bertz CT molecular complexity index is 492. The van der Waals surface area contributed by atoms with Gasteiger partial charge in [-0.2, -0.15) is 5.10 Å². The molecule has 18 heavy (non-hydrogen) atoms. The first-order valence-corrected chi connectivity index (χ1v) is 7.72. The van der Waals surface area contributed by atoms with Crippen LogP contribution >= 0.6 is 27.3 Å². The number of halogens is 1. The van der Waals surface area contributed by atoms with Gasteiger partial charge in [-0.1, -0.05) is 0 Å². The van der Waals surface area contributed by atoms with E-state index in [1.54, 1.807) is 11.3 Å². The molecule has 0 amide bonds. The number of thiophene rings is 1. The van der Waals surface area contributed by atoms with Gasteiger partial charge in [-0.15, -0.1) is 11.3 Å². The molecule has 0 fully saturated rings. The minimum Gasteiger partial charge on any atom is -0.309 e. The minimum atomic E-state index is 0.426. The summed E-state index contributed by atoms with van der Waals surface area (Å²) in [7, 11) is 1.96. The zero-order valence-electron chi connectivity index (χ0n) is 10.7. The summed E-state index contributed by atoms with van der Waals surface area (Å²) in [6, 6.07) is 4.71. The zero-order chi connectivity index (χ0) is 13.0. The number of aromatic nitrogens is 2. The summed E-state index contributed by atoms with van der Waals surface area (Å²) in [4.78, 5) is 1.38. The molecule has 5 heteroatoms. The van der Waals surface area contributed by atoms with Crippen LogP contribution in [0.5, 0.6) is 0 Å². The summed E-state index contributed by atoms with van der Waals surface area (Å²) >= 11 is 5.29. The van der Waals surface area contributed by atoms with E-state index in [1.165, 1.54) is 14.2 Å². The van der Waals surface area contributed by atoms with Crippen molar-refractivity contribution in [2.75, 3.05) is 6.54 Å². The van der Waals surface area contributed by atoms with E-state index in [1.807, 2.05) is 17.9 Å². The summed E-state index contributed by atoms with van der Waals surface area (Å²) in [5.41, 5.74) is 1.31. The highest BCUT2D eigenvalue weighted by Crippen LogP contribution is 2.26. The van der Waals surface area contributed by atoms with Gasteiger partial charge in [0.05, 0.1) is 9.98 Å². The van der Waals surface area contributed by atoms with Gasteiger partial charge in [-0.05, 0) is 59.9 Å². The van der Waals surface area contributed by atoms with Crippen LogP contribution in [0.15, 0.2) is 28.3 Å². The first-order valence-electron chi connectivity index (χ1n) is 6.11. The molecule has 0 bridgehead atoms. The van der Waals surface area contributed by atoms with E-state index in [2.05, 4.69) is 51.6 Å². The Hall–Kier alpha value is -0.650. The monoisotopic (exact) mass is 327 g/mol. The molecule has 0 aliphatic carbocycles. The molecule has 0 spiro atoms. The molecule has 2 heterocycles. The molecule has 0 radical (unpaired) electrons. The smallest absolute Gasteiger partial charge is 0.0701 e. The van der Waals surface area contributed by atoms with Crippen molar-refractivity contribution in [2.24, 2.45) is 7.05 Å². The maximum atomic E-state index is 4.17. The van der Waals surface area contributed by atoms with Crippen molar-refractivity contribution in [3.8, 4) is 0 Å². The number of hydrogen-bond acceptors (Lipinski definition) is 3. The van der Waals surface area contributed by atoms with E-state index in [9.17, 15) is 0 Å². The quantitative estimate of drug-likeness (QED) is 0.822. The van der Waals surface area contributed by atoms with Gasteiger partial charge in [0.2, 0.25) is 0 Å². The van der Waals surface area contributed by atoms with Crippen molar-refractivity contribution in [1.29, 1.82) is 0 Å². The second kappa shape index (κ2) is 6.50. The van der Waals surface area contributed by atoms with Crippen molar-refractivity contribution in [3.63, 3.8) is 0 Å². The Labute approximate surface area is 120 Å². The van der Waals surface area contributed by atoms with Crippen LogP contribution in [0.3, 0.4) is 0 Å². The van der Waals surface area contributed by atoms with Gasteiger partial charge in [-0.3, -0.25) is 4.68 Å². The van der Waals surface area contributed by atoms with Crippen LogP contribution < -0.4 is 5.32 Å². The average molecular weight is 328 g/mol. The van der Waals surface area contributed by atoms with Crippen molar-refractivity contribution in [3.05, 3.63) is 38.8 Å². The molecule has 3 nitrogen and oxygen atoms in total. The Morgan fingerprint density at radius 2 is 2.33 bits per heavy atom. The molecular formula is C13H18BrN3S. The molecule has 0 unspecified atom stereocenters. The maximum Gasteiger partial charge on any atom is 0.0701 e. The average Bonchev–Trinajstić information content (AvgIpc) is 2.93. The largest absolute Gasteiger partial charge is 0.309 e. The third-order valence-corrected chi connectivity index (χ3v) is 4.68. The molecule has 0 aromatic carbocycles. The van der Waals surface area contributed by atoms with Crippen molar-refractivity contribution >= 4 is 27.3 Å². The first kappa shape index (κ1) is 13.8. The first-order chi connectivity index (χ1) is 8.65. The number of nitrogens with one attached hydrogen (secondary N) is 1. The van der Waals surface area contributed by atoms with Gasteiger partial charge in [0, 0.05) is 24.2 Å². The SMILES string of the molecule is C[C@@H](NCCCc1cnn(C)c1)c1ccc(Br)s1. The van der Waals surface area contributed by atoms with Crippen LogP contribution in [0.25, 0.3) is 0 Å². The van der Waals surface area contributed by atoms with E-state index < -0.39 is 0 Å². The molecule has 2 aromatic rings. The fraction of sp³-hybridized carbons (Fsp3) is 0.462. The molecule has 0 saturated heterocycles. The van der Waals surface area contributed by atoms with Gasteiger partial charge in [0.15, 0.2) is 0 Å². The summed E-state index contributed by atoms with van der Waals surface area (Å²) in [6.45, 7) is 3.24. The fourth-order valence-corrected chi connectivity index (χ4v) is 3.32. The van der Waals surface area contributed by atoms with Crippen molar-refractivity contribution in [2.45, 2.75) is 25.8 Å². The zero-order valence-corrected chi connectivity index (χ0v) is 13.1. The Morgan fingerprint density at radius 3 is 2.94 bits per heavy atom. The molecule has 0 saturated carbocycles. The summed E-state index contributed by atoms with van der Waals surface area (Å²) in [5, 5.41) is 7.73. The third-order valence-electron chi connectivity index (χ3n) is 2.87. The molecule has 2 aromatic heterocycles. The number of nitrogens with zero attached hydrogens (tertiary/aromatic N) is 2. The summed E-state index contributed by atoms with van der Waals surface area (Å²) in [5.74, 6) is 0. The minimum absolute atomic E-state index is 0.426. The number of rotatable bonds is 6. The molecule has 1 N–H and O–H groups in total. The predicted molar refractivity (Wildman–Crippen MR) is 80.0 cm³/mol. The van der Waals surface area contributed by atoms with Gasteiger partial charge in [0.1, 0.15) is 0 Å². The predicted octanol–water partition coefficient (Wildman–Crippen LogP) is 3.53. The fourth-order valence-electron chi connectivity index (χ4n) is 1.87. The Balaban J connectivity index is 1.69. The molecular weight excluding hydrogens is 310 g/mol. The lowest BCUT2D eigenvalue weighted by atomic mass is 10.2. The molecule has 2 rings (SSSR count). The second-order valence-electron chi connectivity index (χ2n) is 4.44. The van der Waals surface area contributed by atoms with Gasteiger partial charge in [0.25, 0.3) is 0 Å². The van der Waals surface area contributed by atoms with Crippen LogP contribution in [0.4, 0.5) is 0 Å². The van der Waals surface area contributed by atoms with Gasteiger partial charge < -0.3 is 5.32 Å². The molecule has 0 aliphatic rings. The summed E-state index contributed by atoms with van der Waals surface area (Å²) in [6.07, 6.45) is 6.25. The van der Waals surface area contributed by atoms with Crippen LogP contribution in [0.1, 0.15) is 29.8 Å². The van der Waals surface area contributed by atoms with Gasteiger partial charge in [-0.25, -0.2) is 0 Å². The van der Waals surface area contributed by atoms with Crippen molar-refractivity contribution < 1.29 is 0 Å². The van der Waals surface area contributed by atoms with E-state index in [4.69, 9.17) is 0 Å². The lowest BCUT2D eigenvalue weighted by Crippen LogP contribution is -2.19. The van der Waals surface area contributed by atoms with Gasteiger partial charge >= 0.3 is 0 Å². The Morgan fingerprint density at radius 1 is 1.50 bits per heavy atom. The van der Waals surface area contributed by atoms with E-state index in [0.29, 0.717) is 6.04 Å². The highest BCUT2D eigenvalue weighted by Gasteiger charge is 2.06. The number of hydrogen-bond donors (Lipinski definition) is 1. The van der Waals surface area contributed by atoms with E-state index in [-0.39, 0.29) is 0 Å². The normalized spacial score (nSPS) is 12.8. The second-order valence-corrected chi connectivity index (χ2v) is 6.94.